The number of carbonyl (C=O) groups is 4. The lowest BCUT2D eigenvalue weighted by atomic mass is 10.0. The van der Waals surface area contributed by atoms with E-state index in [1.54, 1.807) is 24.3 Å². The lowest BCUT2D eigenvalue weighted by Gasteiger charge is -2.25. The van der Waals surface area contributed by atoms with Crippen LogP contribution in [0.4, 0.5) is 0 Å². The summed E-state index contributed by atoms with van der Waals surface area (Å²) in [5, 5.41) is 17.1. The smallest absolute Gasteiger partial charge is 0.327 e. The molecule has 0 radical (unpaired) electrons. The van der Waals surface area contributed by atoms with E-state index in [9.17, 15) is 24.3 Å². The number of amides is 3. The number of nitrogens with one attached hydrogen (secondary N) is 4. The number of aromatic amines is 1. The molecule has 12 heteroatoms. The summed E-state index contributed by atoms with van der Waals surface area (Å²) < 4.78 is 0. The number of aliphatic carboxylic acids is 1. The molecule has 0 aliphatic carbocycles. The number of H-pyrrole nitrogens is 1. The number of carboxylic acids is 1. The van der Waals surface area contributed by atoms with Crippen molar-refractivity contribution < 1.29 is 24.3 Å². The van der Waals surface area contributed by atoms with Gasteiger partial charge in [-0.1, -0.05) is 60.7 Å². The standard InChI is InChI=1S/C27H32N6O5S/c28-20(11-17-7-3-1-4-8-17)24(34)31-22(13-19-14-29-16-30-19)26(36)32-21(12-18-9-5-2-6-10-18)25(35)33-23(15-39)27(37)38/h1-10,14,16,20-23,39H,11-13,15,28H2,(H,29,30)(H,31,34)(H,32,36)(H,33,35)(H,37,38). The molecule has 3 aromatic rings. The lowest BCUT2D eigenvalue weighted by molar-refractivity contribution is -0.141. The van der Waals surface area contributed by atoms with E-state index in [4.69, 9.17) is 5.73 Å². The zero-order valence-electron chi connectivity index (χ0n) is 21.1. The third-order valence-electron chi connectivity index (χ3n) is 5.96. The molecule has 0 bridgehead atoms. The highest BCUT2D eigenvalue weighted by atomic mass is 32.1. The molecular weight excluding hydrogens is 520 g/mol. The van der Waals surface area contributed by atoms with Crippen LogP contribution in [0.15, 0.2) is 73.2 Å². The number of imidazole rings is 1. The van der Waals surface area contributed by atoms with Gasteiger partial charge in [-0.05, 0) is 17.5 Å². The van der Waals surface area contributed by atoms with Crippen molar-refractivity contribution in [1.82, 2.24) is 25.9 Å². The van der Waals surface area contributed by atoms with Crippen molar-refractivity contribution >= 4 is 36.3 Å². The molecule has 0 saturated carbocycles. The van der Waals surface area contributed by atoms with Crippen LogP contribution in [0.25, 0.3) is 0 Å². The summed E-state index contributed by atoms with van der Waals surface area (Å²) in [6.07, 6.45) is 3.39. The Balaban J connectivity index is 1.78. The number of thiol groups is 1. The molecule has 4 atom stereocenters. The van der Waals surface area contributed by atoms with E-state index in [1.165, 1.54) is 12.5 Å². The first-order valence-corrected chi connectivity index (χ1v) is 13.0. The zero-order valence-corrected chi connectivity index (χ0v) is 22.0. The average molecular weight is 553 g/mol. The Morgan fingerprint density at radius 2 is 1.31 bits per heavy atom. The second-order valence-corrected chi connectivity index (χ2v) is 9.34. The van der Waals surface area contributed by atoms with E-state index in [1.807, 2.05) is 36.4 Å². The molecule has 0 aliphatic heterocycles. The third-order valence-corrected chi connectivity index (χ3v) is 6.33. The van der Waals surface area contributed by atoms with E-state index in [2.05, 4.69) is 38.5 Å². The van der Waals surface area contributed by atoms with Crippen LogP contribution in [0.3, 0.4) is 0 Å². The molecule has 1 aromatic heterocycles. The minimum atomic E-state index is -1.25. The zero-order chi connectivity index (χ0) is 28.2. The van der Waals surface area contributed by atoms with Crippen molar-refractivity contribution in [2.24, 2.45) is 5.73 Å². The number of carboxylic acid groups (broad SMARTS) is 1. The second kappa shape index (κ2) is 14.7. The summed E-state index contributed by atoms with van der Waals surface area (Å²) in [7, 11) is 0. The van der Waals surface area contributed by atoms with Crippen molar-refractivity contribution in [3.05, 3.63) is 90.0 Å². The number of rotatable bonds is 14. The molecule has 0 spiro atoms. The maximum absolute atomic E-state index is 13.5. The summed E-state index contributed by atoms with van der Waals surface area (Å²) >= 11 is 3.99. The van der Waals surface area contributed by atoms with Gasteiger partial charge in [0.15, 0.2) is 0 Å². The van der Waals surface area contributed by atoms with Crippen LogP contribution < -0.4 is 21.7 Å². The lowest BCUT2D eigenvalue weighted by Crippen LogP contribution is -2.58. The summed E-state index contributed by atoms with van der Waals surface area (Å²) in [5.74, 6) is -3.26. The maximum atomic E-state index is 13.5. The molecule has 2 aromatic carbocycles. The van der Waals surface area contributed by atoms with Crippen LogP contribution in [0.1, 0.15) is 16.8 Å². The quantitative estimate of drug-likeness (QED) is 0.140. The molecular formula is C27H32N6O5S. The van der Waals surface area contributed by atoms with E-state index in [0.29, 0.717) is 5.69 Å². The molecule has 0 fully saturated rings. The van der Waals surface area contributed by atoms with E-state index < -0.39 is 47.9 Å². The van der Waals surface area contributed by atoms with Gasteiger partial charge in [-0.2, -0.15) is 12.6 Å². The predicted octanol–water partition coefficient (Wildman–Crippen LogP) is 0.234. The van der Waals surface area contributed by atoms with Crippen LogP contribution in [-0.4, -0.2) is 68.7 Å². The van der Waals surface area contributed by atoms with E-state index in [0.717, 1.165) is 11.1 Å². The van der Waals surface area contributed by atoms with Gasteiger partial charge >= 0.3 is 5.97 Å². The average Bonchev–Trinajstić information content (AvgIpc) is 3.45. The Hall–Kier alpha value is -4.16. The fourth-order valence-electron chi connectivity index (χ4n) is 3.85. The second-order valence-electron chi connectivity index (χ2n) is 8.97. The van der Waals surface area contributed by atoms with Gasteiger partial charge in [0.05, 0.1) is 12.4 Å². The summed E-state index contributed by atoms with van der Waals surface area (Å²) in [6, 6.07) is 13.8. The number of aromatic nitrogens is 2. The summed E-state index contributed by atoms with van der Waals surface area (Å²) in [4.78, 5) is 57.8. The van der Waals surface area contributed by atoms with Crippen LogP contribution >= 0.6 is 12.6 Å². The van der Waals surface area contributed by atoms with Gasteiger partial charge in [0, 0.05) is 30.5 Å². The van der Waals surface area contributed by atoms with Crippen LogP contribution in [0.2, 0.25) is 0 Å². The SMILES string of the molecule is NC(Cc1ccccc1)C(=O)NC(Cc1cnc[nH]1)C(=O)NC(Cc1ccccc1)C(=O)NC(CS)C(=O)O. The fraction of sp³-hybridized carbons (Fsp3) is 0.296. The highest BCUT2D eigenvalue weighted by molar-refractivity contribution is 7.80. The Morgan fingerprint density at radius 3 is 1.82 bits per heavy atom. The molecule has 39 heavy (non-hydrogen) atoms. The minimum Gasteiger partial charge on any atom is -0.480 e. The van der Waals surface area contributed by atoms with Crippen LogP contribution in [0.5, 0.6) is 0 Å². The van der Waals surface area contributed by atoms with Crippen molar-refractivity contribution in [2.75, 3.05) is 5.75 Å². The van der Waals surface area contributed by atoms with Crippen molar-refractivity contribution in [3.63, 3.8) is 0 Å². The number of hydrogen-bond donors (Lipinski definition) is 7. The minimum absolute atomic E-state index is 0.0592. The number of nitrogens with zero attached hydrogens (tertiary/aromatic N) is 1. The molecule has 7 N–H and O–H groups in total. The van der Waals surface area contributed by atoms with Crippen LogP contribution in [-0.2, 0) is 38.4 Å². The van der Waals surface area contributed by atoms with Gasteiger partial charge in [0.25, 0.3) is 0 Å². The Kier molecular flexibility index (Phi) is 11.1. The van der Waals surface area contributed by atoms with Crippen molar-refractivity contribution in [2.45, 2.75) is 43.4 Å². The van der Waals surface area contributed by atoms with Gasteiger partial charge in [0.2, 0.25) is 17.7 Å². The normalized spacial score (nSPS) is 13.9. The topological polar surface area (TPSA) is 179 Å². The molecule has 3 rings (SSSR count). The van der Waals surface area contributed by atoms with Gasteiger partial charge in [-0.3, -0.25) is 14.4 Å². The number of benzene rings is 2. The molecule has 0 saturated heterocycles. The Morgan fingerprint density at radius 1 is 0.795 bits per heavy atom. The molecule has 206 valence electrons. The number of carbonyl (C=O) groups excluding carboxylic acids is 3. The van der Waals surface area contributed by atoms with Gasteiger partial charge in [-0.25, -0.2) is 9.78 Å². The maximum Gasteiger partial charge on any atom is 0.327 e. The molecule has 3 amide bonds. The van der Waals surface area contributed by atoms with Crippen molar-refractivity contribution in [3.8, 4) is 0 Å². The predicted molar refractivity (Wildman–Crippen MR) is 148 cm³/mol. The number of nitrogens with two attached hydrogens (primary N) is 1. The highest BCUT2D eigenvalue weighted by Gasteiger charge is 2.30. The summed E-state index contributed by atoms with van der Waals surface area (Å²) in [5.41, 5.74) is 8.32. The van der Waals surface area contributed by atoms with E-state index >= 15 is 0 Å². The third kappa shape index (κ3) is 9.27. The molecule has 11 nitrogen and oxygen atoms in total. The first kappa shape index (κ1) is 29.4. The molecule has 0 aliphatic rings. The van der Waals surface area contributed by atoms with Gasteiger partial charge < -0.3 is 31.8 Å². The Bertz CT molecular complexity index is 1230. The van der Waals surface area contributed by atoms with Gasteiger partial charge in [-0.15, -0.1) is 0 Å². The van der Waals surface area contributed by atoms with Crippen LogP contribution in [0, 0.1) is 0 Å². The monoisotopic (exact) mass is 552 g/mol. The highest BCUT2D eigenvalue weighted by Crippen LogP contribution is 2.08. The largest absolute Gasteiger partial charge is 0.480 e. The Labute approximate surface area is 231 Å². The number of hydrogen-bond acceptors (Lipinski definition) is 7. The summed E-state index contributed by atoms with van der Waals surface area (Å²) in [6.45, 7) is 0. The van der Waals surface area contributed by atoms with Crippen molar-refractivity contribution in [1.29, 1.82) is 0 Å². The first-order valence-electron chi connectivity index (χ1n) is 12.3. The van der Waals surface area contributed by atoms with Gasteiger partial charge in [0.1, 0.15) is 18.1 Å². The first-order chi connectivity index (χ1) is 18.8. The molecule has 4 unspecified atom stereocenters. The van der Waals surface area contributed by atoms with E-state index in [-0.39, 0.29) is 25.0 Å². The fourth-order valence-corrected chi connectivity index (χ4v) is 4.10. The molecule has 1 heterocycles.